The Hall–Kier alpha value is -10.6. The average Bonchev–Trinajstić information content (AvgIpc) is 0.735. The van der Waals surface area contributed by atoms with Crippen molar-refractivity contribution in [1.82, 2.24) is 28.9 Å². The number of hydrogen-bond acceptors (Lipinski definition) is 10. The van der Waals surface area contributed by atoms with E-state index >= 15 is 0 Å². The minimum atomic E-state index is -1.25. The van der Waals surface area contributed by atoms with Gasteiger partial charge in [-0.15, -0.1) is 0 Å². The van der Waals surface area contributed by atoms with Crippen LogP contribution in [0.5, 0.6) is 0 Å². The molecule has 0 radical (unpaired) electrons. The molecule has 121 heavy (non-hydrogen) atoms. The summed E-state index contributed by atoms with van der Waals surface area (Å²) in [6.45, 7) is 14.9. The summed E-state index contributed by atoms with van der Waals surface area (Å²) in [5, 5.41) is 41.9. The van der Waals surface area contributed by atoms with Gasteiger partial charge in [0.2, 0.25) is 0 Å². The SMILES string of the molecule is C.CCCCCCCCCCCCCCCCCCN(C)C.CCCCCCCCCCCCCCCCCCN(C)C.Cc1ccc2[nH]c3cc4c(=O)c5cc(C)ccc5n(Cc5cc(C(=O)O)cc(C(=O)O)c5)c4cc3c(=O)c2c1.Cc1ccc2[nH]c3cc4c(=O)c5cc(C)ccc5n(Cc5cc(C(=O)O)cc(C(=O)O)c5)c4cc3c(=O)c2c1. The van der Waals surface area contributed by atoms with Gasteiger partial charge in [0.05, 0.1) is 55.4 Å². The fourth-order valence-corrected chi connectivity index (χ4v) is 16.5. The van der Waals surface area contributed by atoms with Gasteiger partial charge in [-0.25, -0.2) is 19.2 Å². The fourth-order valence-electron chi connectivity index (χ4n) is 16.5. The molecule has 0 amide bonds. The number of aromatic nitrogens is 4. The maximum absolute atomic E-state index is 13.7. The number of aryl methyl sites for hydroxylation is 4. The van der Waals surface area contributed by atoms with Gasteiger partial charge in [-0.1, -0.05) is 260 Å². The number of carboxylic acids is 4. The number of pyridine rings is 4. The summed E-state index contributed by atoms with van der Waals surface area (Å²) < 4.78 is 3.66. The quantitative estimate of drug-likeness (QED) is 0.0154. The molecule has 0 aliphatic carbocycles. The zero-order valence-electron chi connectivity index (χ0n) is 73.0. The van der Waals surface area contributed by atoms with Crippen molar-refractivity contribution in [3.63, 3.8) is 0 Å². The minimum Gasteiger partial charge on any atom is -0.478 e. The molecule has 4 aromatic heterocycles. The van der Waals surface area contributed by atoms with Crippen molar-refractivity contribution in [2.24, 2.45) is 0 Å². The molecule has 648 valence electrons. The lowest BCUT2D eigenvalue weighted by Crippen LogP contribution is -2.15. The highest BCUT2D eigenvalue weighted by molar-refractivity contribution is 6.06. The number of H-pyrrole nitrogens is 2. The molecule has 12 aromatic rings. The van der Waals surface area contributed by atoms with Crippen molar-refractivity contribution in [3.8, 4) is 0 Å². The Morgan fingerprint density at radius 2 is 0.512 bits per heavy atom. The number of fused-ring (bicyclic) bond motifs is 8. The highest BCUT2D eigenvalue weighted by Gasteiger charge is 2.21. The van der Waals surface area contributed by atoms with Gasteiger partial charge in [-0.05, 0) is 202 Å². The molecule has 0 bridgehead atoms. The third-order valence-corrected chi connectivity index (χ3v) is 23.2. The van der Waals surface area contributed by atoms with Gasteiger partial charge >= 0.3 is 23.9 Å². The molecule has 0 spiro atoms. The number of benzene rings is 8. The van der Waals surface area contributed by atoms with Crippen LogP contribution in [0.2, 0.25) is 0 Å². The van der Waals surface area contributed by atoms with Gasteiger partial charge in [-0.2, -0.15) is 0 Å². The molecule has 12 rings (SSSR count). The van der Waals surface area contributed by atoms with Crippen LogP contribution in [0.25, 0.3) is 87.2 Å². The van der Waals surface area contributed by atoms with Gasteiger partial charge in [0.15, 0.2) is 21.7 Å². The summed E-state index contributed by atoms with van der Waals surface area (Å²) in [5.41, 5.74) is 7.71. The Morgan fingerprint density at radius 3 is 0.777 bits per heavy atom. The van der Waals surface area contributed by atoms with E-state index in [0.29, 0.717) is 98.4 Å². The van der Waals surface area contributed by atoms with E-state index < -0.39 is 23.9 Å². The smallest absolute Gasteiger partial charge is 0.335 e. The van der Waals surface area contributed by atoms with Crippen molar-refractivity contribution in [3.05, 3.63) is 230 Å². The molecule has 6 N–H and O–H groups in total. The number of rotatable bonds is 42. The molecule has 18 heteroatoms. The van der Waals surface area contributed by atoms with E-state index in [9.17, 15) is 58.8 Å². The fraction of sp³-hybridized carbons (Fsp3) is 0.456. The van der Waals surface area contributed by atoms with Crippen LogP contribution in [-0.2, 0) is 13.1 Å². The summed E-state index contributed by atoms with van der Waals surface area (Å²) >= 11 is 0. The third kappa shape index (κ3) is 27.7. The van der Waals surface area contributed by atoms with E-state index in [1.165, 1.54) is 243 Å². The van der Waals surface area contributed by atoms with Crippen LogP contribution in [0.15, 0.2) is 153 Å². The van der Waals surface area contributed by atoms with E-state index in [4.69, 9.17) is 0 Å². The molecule has 0 saturated carbocycles. The largest absolute Gasteiger partial charge is 0.478 e. The third-order valence-electron chi connectivity index (χ3n) is 23.2. The Labute approximate surface area is 714 Å². The first-order valence-corrected chi connectivity index (χ1v) is 44.3. The van der Waals surface area contributed by atoms with Gasteiger partial charge in [-0.3, -0.25) is 19.2 Å². The second-order valence-electron chi connectivity index (χ2n) is 34.0. The number of carboxylic acid groups (broad SMARTS) is 4. The zero-order chi connectivity index (χ0) is 86.4. The van der Waals surface area contributed by atoms with Crippen LogP contribution >= 0.6 is 0 Å². The second-order valence-corrected chi connectivity index (χ2v) is 34.0. The summed E-state index contributed by atoms with van der Waals surface area (Å²) in [5.74, 6) is -4.98. The van der Waals surface area contributed by atoms with E-state index in [2.05, 4.69) is 61.8 Å². The first-order valence-electron chi connectivity index (χ1n) is 44.3. The first-order chi connectivity index (χ1) is 57.7. The molecular formula is C103H134N6O12. The number of unbranched alkanes of at least 4 members (excludes halogenated alkanes) is 30. The van der Waals surface area contributed by atoms with Gasteiger partial charge < -0.3 is 49.3 Å². The Morgan fingerprint density at radius 1 is 0.281 bits per heavy atom. The van der Waals surface area contributed by atoms with Crippen molar-refractivity contribution in [2.45, 2.75) is 268 Å². The van der Waals surface area contributed by atoms with Crippen LogP contribution < -0.4 is 21.7 Å². The average molecular weight is 1650 g/mol. The van der Waals surface area contributed by atoms with E-state index in [0.717, 1.165) is 34.4 Å². The van der Waals surface area contributed by atoms with Gasteiger partial charge in [0.25, 0.3) is 0 Å². The molecule has 0 unspecified atom stereocenters. The van der Waals surface area contributed by atoms with Crippen LogP contribution in [0.4, 0.5) is 0 Å². The molecule has 0 aliphatic rings. The highest BCUT2D eigenvalue weighted by Crippen LogP contribution is 2.31. The van der Waals surface area contributed by atoms with E-state index in [1.54, 1.807) is 36.4 Å². The van der Waals surface area contributed by atoms with Crippen LogP contribution in [0, 0.1) is 27.7 Å². The maximum atomic E-state index is 13.7. The number of nitrogens with zero attached hydrogens (tertiary/aromatic N) is 4. The number of nitrogens with one attached hydrogen (secondary N) is 2. The van der Waals surface area contributed by atoms with Crippen molar-refractivity contribution in [1.29, 1.82) is 0 Å². The van der Waals surface area contributed by atoms with Gasteiger partial charge in [0, 0.05) is 67.2 Å². The monoisotopic (exact) mass is 1650 g/mol. The minimum absolute atomic E-state index is 0. The molecule has 0 saturated heterocycles. The standard InChI is InChI=1S/2C31H22N2O6.2C20H43N.CH4/c2*1-15-3-5-24-20(7-15)28(34)21-13-27-23(12-25(21)32-24)29(35)22-8-16(2)4-6-26(22)33(27)14-17-9-18(30(36)37)11-19(10-17)31(38)39;2*1-4-5-6-7-8-9-10-11-12-13-14-15-16-17-18-19-20-21(2)3;/h2*3-13H,14H2,1-2H3,(H,32,34)(H,36,37)(H,38,39);2*4-20H2,1-3H3;1H4. The zero-order valence-corrected chi connectivity index (χ0v) is 73.0. The lowest BCUT2D eigenvalue weighted by molar-refractivity contribution is 0.0676. The molecule has 0 aliphatic heterocycles. The Bertz CT molecular complexity index is 5350. The molecule has 18 nitrogen and oxygen atoms in total. The maximum Gasteiger partial charge on any atom is 0.335 e. The lowest BCUT2D eigenvalue weighted by atomic mass is 10.0. The normalized spacial score (nSPS) is 11.4. The molecule has 8 aromatic carbocycles. The van der Waals surface area contributed by atoms with Crippen LogP contribution in [0.1, 0.15) is 302 Å². The predicted molar refractivity (Wildman–Crippen MR) is 503 cm³/mol. The first kappa shape index (κ1) is 95.9. The number of aromatic amines is 2. The lowest BCUT2D eigenvalue weighted by Gasteiger charge is -2.17. The number of carbonyl (C=O) groups is 4. The van der Waals surface area contributed by atoms with Gasteiger partial charge in [0.1, 0.15) is 0 Å². The highest BCUT2D eigenvalue weighted by atomic mass is 16.4. The summed E-state index contributed by atoms with van der Waals surface area (Å²) in [4.78, 5) is 113. The van der Waals surface area contributed by atoms with Crippen molar-refractivity contribution < 1.29 is 39.6 Å². The molecule has 0 fully saturated rings. The van der Waals surface area contributed by atoms with Crippen LogP contribution in [-0.4, -0.2) is 114 Å². The van der Waals surface area contributed by atoms with E-state index in [1.807, 2.05) is 97.5 Å². The Balaban J connectivity index is 0.000000210. The topological polar surface area (TPSA) is 265 Å². The Kier molecular flexibility index (Phi) is 38.2. The summed E-state index contributed by atoms with van der Waals surface area (Å²) in [6.07, 6.45) is 46.6. The molecule has 0 atom stereocenters. The van der Waals surface area contributed by atoms with Crippen LogP contribution in [0.3, 0.4) is 0 Å². The summed E-state index contributed by atoms with van der Waals surface area (Å²) in [7, 11) is 8.69. The van der Waals surface area contributed by atoms with Crippen molar-refractivity contribution >= 4 is 111 Å². The second kappa shape index (κ2) is 48.2. The molecule has 4 heterocycles. The number of hydrogen-bond donors (Lipinski definition) is 6. The predicted octanol–water partition coefficient (Wildman–Crippen LogP) is 24.7. The van der Waals surface area contributed by atoms with E-state index in [-0.39, 0.29) is 64.5 Å². The molecular weight excluding hydrogens is 1510 g/mol. The summed E-state index contributed by atoms with van der Waals surface area (Å²) in [6, 6.07) is 36.7. The number of aromatic carboxylic acids is 4. The van der Waals surface area contributed by atoms with Crippen molar-refractivity contribution in [2.75, 3.05) is 41.3 Å².